The zero-order valence-electron chi connectivity index (χ0n) is 10.5. The molecule has 0 aromatic carbocycles. The number of carboxylic acid groups (broad SMARTS) is 1. The van der Waals surface area contributed by atoms with Crippen LogP contribution in [0.1, 0.15) is 40.0 Å². The SMILES string of the molecule is CC1CC(C)(C)CC2(CNCC2C(=O)O)C1. The van der Waals surface area contributed by atoms with E-state index in [-0.39, 0.29) is 16.7 Å². The van der Waals surface area contributed by atoms with Gasteiger partial charge in [-0.3, -0.25) is 4.79 Å². The Morgan fingerprint density at radius 1 is 1.38 bits per heavy atom. The van der Waals surface area contributed by atoms with Crippen molar-refractivity contribution in [1.82, 2.24) is 5.32 Å². The van der Waals surface area contributed by atoms with Crippen LogP contribution in [-0.4, -0.2) is 24.2 Å². The molecule has 3 heteroatoms. The van der Waals surface area contributed by atoms with Crippen LogP contribution in [0.5, 0.6) is 0 Å². The van der Waals surface area contributed by atoms with E-state index in [0.29, 0.717) is 12.5 Å². The van der Waals surface area contributed by atoms with Gasteiger partial charge >= 0.3 is 5.97 Å². The quantitative estimate of drug-likeness (QED) is 0.718. The predicted octanol–water partition coefficient (Wildman–Crippen LogP) is 2.12. The monoisotopic (exact) mass is 225 g/mol. The van der Waals surface area contributed by atoms with Crippen LogP contribution in [0.25, 0.3) is 0 Å². The molecule has 1 saturated heterocycles. The minimum Gasteiger partial charge on any atom is -0.481 e. The minimum atomic E-state index is -0.616. The summed E-state index contributed by atoms with van der Waals surface area (Å²) in [5.41, 5.74) is 0.296. The molecule has 16 heavy (non-hydrogen) atoms. The first-order valence-electron chi connectivity index (χ1n) is 6.28. The normalized spacial score (nSPS) is 42.4. The van der Waals surface area contributed by atoms with Crippen LogP contribution in [-0.2, 0) is 4.79 Å². The van der Waals surface area contributed by atoms with Crippen LogP contribution >= 0.6 is 0 Å². The smallest absolute Gasteiger partial charge is 0.308 e. The summed E-state index contributed by atoms with van der Waals surface area (Å²) in [5.74, 6) is -0.157. The van der Waals surface area contributed by atoms with E-state index in [1.807, 2.05) is 0 Å². The van der Waals surface area contributed by atoms with Gasteiger partial charge in [0.1, 0.15) is 0 Å². The Kier molecular flexibility index (Phi) is 2.77. The van der Waals surface area contributed by atoms with Crippen molar-refractivity contribution in [3.8, 4) is 0 Å². The van der Waals surface area contributed by atoms with Crippen molar-refractivity contribution >= 4 is 5.97 Å². The van der Waals surface area contributed by atoms with Crippen molar-refractivity contribution in [2.75, 3.05) is 13.1 Å². The molecule has 2 N–H and O–H groups in total. The Labute approximate surface area is 97.6 Å². The average molecular weight is 225 g/mol. The molecule has 2 fully saturated rings. The molecule has 92 valence electrons. The largest absolute Gasteiger partial charge is 0.481 e. The molecule has 1 saturated carbocycles. The van der Waals surface area contributed by atoms with E-state index < -0.39 is 5.97 Å². The van der Waals surface area contributed by atoms with Crippen LogP contribution in [0, 0.1) is 22.7 Å². The van der Waals surface area contributed by atoms with E-state index in [2.05, 4.69) is 26.1 Å². The fourth-order valence-electron chi connectivity index (χ4n) is 4.36. The van der Waals surface area contributed by atoms with Crippen LogP contribution in [0.2, 0.25) is 0 Å². The summed E-state index contributed by atoms with van der Waals surface area (Å²) in [6, 6.07) is 0. The third kappa shape index (κ3) is 1.97. The highest BCUT2D eigenvalue weighted by atomic mass is 16.4. The standard InChI is InChI=1S/C13H23NO2/c1-9-4-12(2,3)7-13(5-9)8-14-6-10(13)11(15)16/h9-10,14H,4-8H2,1-3H3,(H,15,16). The molecule has 2 rings (SSSR count). The molecule has 0 bridgehead atoms. The van der Waals surface area contributed by atoms with Gasteiger partial charge < -0.3 is 10.4 Å². The lowest BCUT2D eigenvalue weighted by Crippen LogP contribution is -2.44. The van der Waals surface area contributed by atoms with Gasteiger partial charge in [-0.1, -0.05) is 20.8 Å². The molecule has 2 aliphatic rings. The average Bonchev–Trinajstić information content (AvgIpc) is 2.43. The maximum absolute atomic E-state index is 11.4. The van der Waals surface area contributed by atoms with Gasteiger partial charge in [-0.05, 0) is 36.0 Å². The summed E-state index contributed by atoms with van der Waals surface area (Å²) in [6.07, 6.45) is 3.34. The van der Waals surface area contributed by atoms with Crippen molar-refractivity contribution in [3.63, 3.8) is 0 Å². The number of carboxylic acids is 1. The molecule has 0 radical (unpaired) electrons. The van der Waals surface area contributed by atoms with Gasteiger partial charge in [0.05, 0.1) is 5.92 Å². The summed E-state index contributed by atoms with van der Waals surface area (Å²) in [7, 11) is 0. The Bertz CT molecular complexity index is 300. The van der Waals surface area contributed by atoms with Gasteiger partial charge in [-0.25, -0.2) is 0 Å². The summed E-state index contributed by atoms with van der Waals surface area (Å²) >= 11 is 0. The molecule has 0 aromatic rings. The van der Waals surface area contributed by atoms with Gasteiger partial charge in [0.25, 0.3) is 0 Å². The number of hydrogen-bond acceptors (Lipinski definition) is 2. The lowest BCUT2D eigenvalue weighted by atomic mass is 9.57. The lowest BCUT2D eigenvalue weighted by Gasteiger charge is -2.47. The highest BCUT2D eigenvalue weighted by molar-refractivity contribution is 5.72. The fraction of sp³-hybridized carbons (Fsp3) is 0.923. The third-order valence-corrected chi connectivity index (χ3v) is 4.35. The Hall–Kier alpha value is -0.570. The van der Waals surface area contributed by atoms with E-state index in [1.54, 1.807) is 0 Å². The van der Waals surface area contributed by atoms with Crippen molar-refractivity contribution in [2.45, 2.75) is 40.0 Å². The summed E-state index contributed by atoms with van der Waals surface area (Å²) in [5, 5.41) is 12.6. The highest BCUT2D eigenvalue weighted by Gasteiger charge is 2.52. The maximum Gasteiger partial charge on any atom is 0.308 e. The van der Waals surface area contributed by atoms with Crippen LogP contribution in [0.15, 0.2) is 0 Å². The fourth-order valence-corrected chi connectivity index (χ4v) is 4.36. The lowest BCUT2D eigenvalue weighted by molar-refractivity contribution is -0.147. The first-order valence-corrected chi connectivity index (χ1v) is 6.28. The molecule has 1 heterocycles. The first-order chi connectivity index (χ1) is 7.35. The molecule has 1 spiro atoms. The van der Waals surface area contributed by atoms with Gasteiger partial charge in [0.15, 0.2) is 0 Å². The number of aliphatic carboxylic acids is 1. The molecule has 3 unspecified atom stereocenters. The molecule has 0 aromatic heterocycles. The van der Waals surface area contributed by atoms with E-state index >= 15 is 0 Å². The van der Waals surface area contributed by atoms with Crippen molar-refractivity contribution in [3.05, 3.63) is 0 Å². The molecule has 0 amide bonds. The van der Waals surface area contributed by atoms with Crippen LogP contribution in [0.4, 0.5) is 0 Å². The zero-order chi connectivity index (χ0) is 12.0. The van der Waals surface area contributed by atoms with Gasteiger partial charge in [-0.2, -0.15) is 0 Å². The third-order valence-electron chi connectivity index (χ3n) is 4.35. The van der Waals surface area contributed by atoms with Gasteiger partial charge in [0, 0.05) is 13.1 Å². The van der Waals surface area contributed by atoms with Crippen molar-refractivity contribution in [1.29, 1.82) is 0 Å². The topological polar surface area (TPSA) is 49.3 Å². The number of hydrogen-bond donors (Lipinski definition) is 2. The second-order valence-corrected chi connectivity index (χ2v) is 6.74. The summed E-state index contributed by atoms with van der Waals surface area (Å²) in [6.45, 7) is 8.36. The molecule has 1 aliphatic carbocycles. The number of rotatable bonds is 1. The Morgan fingerprint density at radius 2 is 2.06 bits per heavy atom. The summed E-state index contributed by atoms with van der Waals surface area (Å²) < 4.78 is 0. The van der Waals surface area contributed by atoms with E-state index in [9.17, 15) is 9.90 Å². The first kappa shape index (κ1) is 11.9. The molecular weight excluding hydrogens is 202 g/mol. The number of nitrogens with one attached hydrogen (secondary N) is 1. The Morgan fingerprint density at radius 3 is 2.62 bits per heavy atom. The Balaban J connectivity index is 2.26. The van der Waals surface area contributed by atoms with Crippen LogP contribution < -0.4 is 5.32 Å². The molecule has 1 aliphatic heterocycles. The van der Waals surface area contributed by atoms with Gasteiger partial charge in [-0.15, -0.1) is 0 Å². The summed E-state index contributed by atoms with van der Waals surface area (Å²) in [4.78, 5) is 11.4. The van der Waals surface area contributed by atoms with Gasteiger partial charge in [0.2, 0.25) is 0 Å². The second kappa shape index (κ2) is 3.73. The van der Waals surface area contributed by atoms with Crippen molar-refractivity contribution in [2.24, 2.45) is 22.7 Å². The predicted molar refractivity (Wildman–Crippen MR) is 63.2 cm³/mol. The van der Waals surface area contributed by atoms with E-state index in [4.69, 9.17) is 0 Å². The van der Waals surface area contributed by atoms with Crippen molar-refractivity contribution < 1.29 is 9.90 Å². The van der Waals surface area contributed by atoms with Crippen LogP contribution in [0.3, 0.4) is 0 Å². The zero-order valence-corrected chi connectivity index (χ0v) is 10.5. The van der Waals surface area contributed by atoms with E-state index in [1.165, 1.54) is 6.42 Å². The molecule has 3 atom stereocenters. The maximum atomic E-state index is 11.4. The van der Waals surface area contributed by atoms with E-state index in [0.717, 1.165) is 19.4 Å². The minimum absolute atomic E-state index is 0.00694. The highest BCUT2D eigenvalue weighted by Crippen LogP contribution is 2.53. The molecule has 3 nitrogen and oxygen atoms in total. The molecular formula is C13H23NO2. The second-order valence-electron chi connectivity index (χ2n) is 6.74. The number of carbonyl (C=O) groups is 1.